The molecule has 1 aromatic carbocycles. The lowest BCUT2D eigenvalue weighted by molar-refractivity contribution is -0.138. The van der Waals surface area contributed by atoms with Gasteiger partial charge in [0.15, 0.2) is 0 Å². The fourth-order valence-electron chi connectivity index (χ4n) is 2.17. The molecule has 0 spiro atoms. The largest absolute Gasteiger partial charge is 0.497 e. The molecule has 2 rings (SSSR count). The molecule has 1 aliphatic heterocycles. The summed E-state index contributed by atoms with van der Waals surface area (Å²) in [6.45, 7) is 2.07. The van der Waals surface area contributed by atoms with E-state index in [-0.39, 0.29) is 18.2 Å². The highest BCUT2D eigenvalue weighted by Gasteiger charge is 2.20. The van der Waals surface area contributed by atoms with Crippen molar-refractivity contribution in [2.24, 2.45) is 0 Å². The predicted molar refractivity (Wildman–Crippen MR) is 80.2 cm³/mol. The Morgan fingerprint density at radius 1 is 1.23 bits per heavy atom. The van der Waals surface area contributed by atoms with Crippen molar-refractivity contribution in [3.8, 4) is 11.5 Å². The molecule has 1 heterocycles. The molecule has 7 heteroatoms. The zero-order valence-corrected chi connectivity index (χ0v) is 12.8. The van der Waals surface area contributed by atoms with E-state index in [9.17, 15) is 9.59 Å². The second-order valence-corrected chi connectivity index (χ2v) is 4.78. The van der Waals surface area contributed by atoms with Crippen molar-refractivity contribution in [3.63, 3.8) is 0 Å². The summed E-state index contributed by atoms with van der Waals surface area (Å²) in [7, 11) is 3.05. The van der Waals surface area contributed by atoms with Crippen LogP contribution in [0.4, 0.5) is 5.69 Å². The van der Waals surface area contributed by atoms with Gasteiger partial charge in [-0.2, -0.15) is 0 Å². The van der Waals surface area contributed by atoms with Crippen LogP contribution < -0.4 is 14.8 Å². The monoisotopic (exact) mass is 308 g/mol. The molecule has 1 N–H and O–H groups in total. The Morgan fingerprint density at radius 3 is 2.59 bits per heavy atom. The molecule has 1 aliphatic rings. The van der Waals surface area contributed by atoms with Gasteiger partial charge < -0.3 is 24.4 Å². The van der Waals surface area contributed by atoms with Crippen LogP contribution in [-0.2, 0) is 14.3 Å². The van der Waals surface area contributed by atoms with Gasteiger partial charge in [-0.1, -0.05) is 0 Å². The number of methoxy groups -OCH3 is 2. The third kappa shape index (κ3) is 4.11. The van der Waals surface area contributed by atoms with Crippen molar-refractivity contribution in [2.75, 3.05) is 45.8 Å². The maximum absolute atomic E-state index is 12.0. The third-order valence-corrected chi connectivity index (χ3v) is 3.36. The van der Waals surface area contributed by atoms with Crippen LogP contribution in [-0.4, -0.2) is 57.2 Å². The quantitative estimate of drug-likeness (QED) is 0.818. The zero-order chi connectivity index (χ0) is 15.9. The van der Waals surface area contributed by atoms with E-state index >= 15 is 0 Å². The van der Waals surface area contributed by atoms with E-state index < -0.39 is 0 Å². The van der Waals surface area contributed by atoms with Gasteiger partial charge in [0.25, 0.3) is 0 Å². The number of ether oxygens (including phenoxy) is 3. The third-order valence-electron chi connectivity index (χ3n) is 3.36. The molecule has 0 radical (unpaired) electrons. The van der Waals surface area contributed by atoms with E-state index in [0.29, 0.717) is 43.5 Å². The number of carbonyl (C=O) groups is 2. The Morgan fingerprint density at radius 2 is 1.95 bits per heavy atom. The van der Waals surface area contributed by atoms with E-state index in [0.717, 1.165) is 0 Å². The fourth-order valence-corrected chi connectivity index (χ4v) is 2.17. The summed E-state index contributed by atoms with van der Waals surface area (Å²) >= 11 is 0. The number of carbonyl (C=O) groups excluding carboxylic acids is 2. The SMILES string of the molecule is COc1ccc(OC)c(NC(=O)CC(=O)N2CCOCC2)c1. The first kappa shape index (κ1) is 16.1. The summed E-state index contributed by atoms with van der Waals surface area (Å²) in [4.78, 5) is 25.7. The molecule has 0 unspecified atom stereocenters. The van der Waals surface area contributed by atoms with E-state index in [4.69, 9.17) is 14.2 Å². The zero-order valence-electron chi connectivity index (χ0n) is 12.8. The lowest BCUT2D eigenvalue weighted by atomic mass is 10.2. The van der Waals surface area contributed by atoms with Crippen molar-refractivity contribution in [2.45, 2.75) is 6.42 Å². The Labute approximate surface area is 129 Å². The number of nitrogens with one attached hydrogen (secondary N) is 1. The van der Waals surface area contributed by atoms with Gasteiger partial charge in [0.1, 0.15) is 17.9 Å². The molecule has 1 fully saturated rings. The van der Waals surface area contributed by atoms with Gasteiger partial charge in [0.2, 0.25) is 11.8 Å². The van der Waals surface area contributed by atoms with Crippen molar-refractivity contribution in [1.29, 1.82) is 0 Å². The molecule has 120 valence electrons. The molecule has 1 aromatic rings. The smallest absolute Gasteiger partial charge is 0.233 e. The molecule has 22 heavy (non-hydrogen) atoms. The summed E-state index contributed by atoms with van der Waals surface area (Å²) in [5, 5.41) is 2.68. The molecular weight excluding hydrogens is 288 g/mol. The van der Waals surface area contributed by atoms with Crippen molar-refractivity contribution in [3.05, 3.63) is 18.2 Å². The number of nitrogens with zero attached hydrogens (tertiary/aromatic N) is 1. The summed E-state index contributed by atoms with van der Waals surface area (Å²) in [6, 6.07) is 5.07. The standard InChI is InChI=1S/C15H20N2O5/c1-20-11-3-4-13(21-2)12(9-11)16-14(18)10-15(19)17-5-7-22-8-6-17/h3-4,9H,5-8,10H2,1-2H3,(H,16,18). The Hall–Kier alpha value is -2.28. The summed E-state index contributed by atoms with van der Waals surface area (Å²) < 4.78 is 15.5. The van der Waals surface area contributed by atoms with Crippen LogP contribution in [0.5, 0.6) is 11.5 Å². The molecule has 0 aliphatic carbocycles. The van der Waals surface area contributed by atoms with Gasteiger partial charge in [-0.3, -0.25) is 9.59 Å². The van der Waals surface area contributed by atoms with Crippen molar-refractivity contribution >= 4 is 17.5 Å². The van der Waals surface area contributed by atoms with Crippen molar-refractivity contribution in [1.82, 2.24) is 4.90 Å². The lowest BCUT2D eigenvalue weighted by Crippen LogP contribution is -2.41. The minimum absolute atomic E-state index is 0.206. The lowest BCUT2D eigenvalue weighted by Gasteiger charge is -2.26. The van der Waals surface area contributed by atoms with Gasteiger partial charge >= 0.3 is 0 Å². The Bertz CT molecular complexity index is 541. The number of benzene rings is 1. The van der Waals surface area contributed by atoms with Crippen LogP contribution in [0, 0.1) is 0 Å². The number of rotatable bonds is 5. The summed E-state index contributed by atoms with van der Waals surface area (Å²) in [5.41, 5.74) is 0.474. The van der Waals surface area contributed by atoms with Gasteiger partial charge in [0, 0.05) is 19.2 Å². The second-order valence-electron chi connectivity index (χ2n) is 4.78. The Kier molecular flexibility index (Phi) is 5.60. The normalized spacial score (nSPS) is 14.4. The van der Waals surface area contributed by atoms with Crippen molar-refractivity contribution < 1.29 is 23.8 Å². The van der Waals surface area contributed by atoms with E-state index in [1.165, 1.54) is 14.2 Å². The highest BCUT2D eigenvalue weighted by molar-refractivity contribution is 6.04. The summed E-state index contributed by atoms with van der Waals surface area (Å²) in [5.74, 6) is 0.509. The maximum atomic E-state index is 12.0. The molecule has 0 atom stereocenters. The van der Waals surface area contributed by atoms with E-state index in [2.05, 4.69) is 5.32 Å². The maximum Gasteiger partial charge on any atom is 0.233 e. The molecule has 0 aromatic heterocycles. The van der Waals surface area contributed by atoms with Gasteiger partial charge in [0.05, 0.1) is 33.1 Å². The molecule has 0 bridgehead atoms. The van der Waals surface area contributed by atoms with Crippen LogP contribution in [0.2, 0.25) is 0 Å². The average molecular weight is 308 g/mol. The van der Waals surface area contributed by atoms with Crippen LogP contribution in [0.1, 0.15) is 6.42 Å². The second kappa shape index (κ2) is 7.65. The van der Waals surface area contributed by atoms with Gasteiger partial charge in [-0.15, -0.1) is 0 Å². The number of hydrogen-bond acceptors (Lipinski definition) is 5. The molecule has 0 saturated carbocycles. The summed E-state index contributed by atoms with van der Waals surface area (Å²) in [6.07, 6.45) is -0.208. The fraction of sp³-hybridized carbons (Fsp3) is 0.467. The molecule has 1 saturated heterocycles. The number of hydrogen-bond donors (Lipinski definition) is 1. The van der Waals surface area contributed by atoms with Crippen LogP contribution >= 0.6 is 0 Å². The molecular formula is C15H20N2O5. The van der Waals surface area contributed by atoms with Gasteiger partial charge in [-0.25, -0.2) is 0 Å². The van der Waals surface area contributed by atoms with E-state index in [1.54, 1.807) is 23.1 Å². The number of anilines is 1. The highest BCUT2D eigenvalue weighted by Crippen LogP contribution is 2.28. The van der Waals surface area contributed by atoms with Crippen LogP contribution in [0.3, 0.4) is 0 Å². The topological polar surface area (TPSA) is 77.1 Å². The average Bonchev–Trinajstić information content (AvgIpc) is 2.55. The number of morpholine rings is 1. The van der Waals surface area contributed by atoms with Crippen LogP contribution in [0.15, 0.2) is 18.2 Å². The van der Waals surface area contributed by atoms with E-state index in [1.807, 2.05) is 0 Å². The molecule has 2 amide bonds. The highest BCUT2D eigenvalue weighted by atomic mass is 16.5. The minimum Gasteiger partial charge on any atom is -0.497 e. The first-order valence-electron chi connectivity index (χ1n) is 7.01. The van der Waals surface area contributed by atoms with Gasteiger partial charge in [-0.05, 0) is 12.1 Å². The number of amides is 2. The Balaban J connectivity index is 1.97. The molecule has 7 nitrogen and oxygen atoms in total. The van der Waals surface area contributed by atoms with Crippen LogP contribution in [0.25, 0.3) is 0 Å². The predicted octanol–water partition coefficient (Wildman–Crippen LogP) is 0.891. The first-order valence-corrected chi connectivity index (χ1v) is 7.01. The minimum atomic E-state index is -0.386. The first-order chi connectivity index (χ1) is 10.6.